The molecule has 1 aromatic carbocycles. The van der Waals surface area contributed by atoms with Crippen LogP contribution in [0.3, 0.4) is 0 Å². The molecule has 1 N–H and O–H groups in total. The molecule has 8 nitrogen and oxygen atoms in total. The zero-order chi connectivity index (χ0) is 13.3. The van der Waals surface area contributed by atoms with Gasteiger partial charge < -0.3 is 15.2 Å². The molecule has 0 saturated carbocycles. The predicted molar refractivity (Wildman–Crippen MR) is 62.7 cm³/mol. The molecule has 2 aromatic rings. The topological polar surface area (TPSA) is 111 Å². The zero-order valence-electron chi connectivity index (χ0n) is 8.65. The molecule has 92 valence electrons. The van der Waals surface area contributed by atoms with E-state index >= 15 is 0 Å². The van der Waals surface area contributed by atoms with Gasteiger partial charge in [-0.1, -0.05) is 4.98 Å². The lowest BCUT2D eigenvalue weighted by molar-refractivity contribution is -0.394. The van der Waals surface area contributed by atoms with E-state index in [0.29, 0.717) is 10.2 Å². The summed E-state index contributed by atoms with van der Waals surface area (Å²) in [6.07, 6.45) is 1.18. The third-order valence-corrected chi connectivity index (χ3v) is 2.75. The standard InChI is InChI=1S/C9H5BrN4O4/c10-7-3-5(1-2-6(7)8(15)16)13-4-11-9(12-13)14(17)18/h1-4H,(H,15,16). The number of aromatic nitrogens is 3. The number of hydrogen-bond acceptors (Lipinski definition) is 5. The van der Waals surface area contributed by atoms with Crippen molar-refractivity contribution in [3.05, 3.63) is 44.7 Å². The van der Waals surface area contributed by atoms with Gasteiger partial charge in [-0.2, -0.15) is 0 Å². The lowest BCUT2D eigenvalue weighted by Crippen LogP contribution is -2.01. The van der Waals surface area contributed by atoms with E-state index in [2.05, 4.69) is 26.0 Å². The molecule has 1 aromatic heterocycles. The average molecular weight is 313 g/mol. The Morgan fingerprint density at radius 3 is 2.72 bits per heavy atom. The SMILES string of the molecule is O=C(O)c1ccc(-n2cnc([N+](=O)[O-])n2)cc1Br. The molecule has 0 aliphatic carbocycles. The fourth-order valence-electron chi connectivity index (χ4n) is 1.28. The van der Waals surface area contributed by atoms with E-state index in [4.69, 9.17) is 5.11 Å². The van der Waals surface area contributed by atoms with Gasteiger partial charge in [-0.15, -0.1) is 4.68 Å². The number of carboxylic acid groups (broad SMARTS) is 1. The van der Waals surface area contributed by atoms with E-state index in [0.717, 1.165) is 0 Å². The van der Waals surface area contributed by atoms with Gasteiger partial charge in [0.05, 0.1) is 11.3 Å². The van der Waals surface area contributed by atoms with E-state index in [1.165, 1.54) is 29.2 Å². The third kappa shape index (κ3) is 2.20. The second-order valence-corrected chi connectivity index (χ2v) is 4.07. The Bertz CT molecular complexity index is 639. The Labute approximate surface area is 108 Å². The van der Waals surface area contributed by atoms with E-state index in [1.807, 2.05) is 0 Å². The van der Waals surface area contributed by atoms with Gasteiger partial charge in [-0.25, -0.2) is 4.79 Å². The lowest BCUT2D eigenvalue weighted by Gasteiger charge is -2.01. The second kappa shape index (κ2) is 4.53. The van der Waals surface area contributed by atoms with E-state index in [9.17, 15) is 14.9 Å². The summed E-state index contributed by atoms with van der Waals surface area (Å²) >= 11 is 3.10. The summed E-state index contributed by atoms with van der Waals surface area (Å²) in [5.41, 5.74) is 0.556. The number of nitro groups is 1. The van der Waals surface area contributed by atoms with Crippen molar-refractivity contribution in [2.75, 3.05) is 0 Å². The van der Waals surface area contributed by atoms with Crippen LogP contribution in [0.2, 0.25) is 0 Å². The molecule has 0 aliphatic heterocycles. The van der Waals surface area contributed by atoms with Crippen molar-refractivity contribution in [2.24, 2.45) is 0 Å². The van der Waals surface area contributed by atoms with Crippen molar-refractivity contribution >= 4 is 27.8 Å². The van der Waals surface area contributed by atoms with Crippen LogP contribution in [0, 0.1) is 10.1 Å². The quantitative estimate of drug-likeness (QED) is 0.681. The molecule has 9 heteroatoms. The molecule has 18 heavy (non-hydrogen) atoms. The van der Waals surface area contributed by atoms with Crippen LogP contribution in [0.25, 0.3) is 5.69 Å². The Balaban J connectivity index is 2.42. The number of rotatable bonds is 3. The van der Waals surface area contributed by atoms with Gasteiger partial charge in [0.1, 0.15) is 0 Å². The monoisotopic (exact) mass is 312 g/mol. The van der Waals surface area contributed by atoms with Crippen LogP contribution < -0.4 is 0 Å². The van der Waals surface area contributed by atoms with Crippen molar-refractivity contribution in [1.82, 2.24) is 14.8 Å². The van der Waals surface area contributed by atoms with Gasteiger partial charge in [0.2, 0.25) is 6.33 Å². The van der Waals surface area contributed by atoms with Crippen LogP contribution in [-0.2, 0) is 0 Å². The fourth-order valence-corrected chi connectivity index (χ4v) is 1.82. The molecule has 0 unspecified atom stereocenters. The van der Waals surface area contributed by atoms with Crippen molar-refractivity contribution in [3.8, 4) is 5.69 Å². The normalized spacial score (nSPS) is 10.3. The van der Waals surface area contributed by atoms with Crippen LogP contribution in [0.5, 0.6) is 0 Å². The van der Waals surface area contributed by atoms with Crippen LogP contribution in [0.1, 0.15) is 10.4 Å². The number of halogens is 1. The minimum atomic E-state index is -1.07. The number of benzene rings is 1. The molecule has 0 amide bonds. The maximum Gasteiger partial charge on any atom is 0.491 e. The number of hydrogen-bond donors (Lipinski definition) is 1. The van der Waals surface area contributed by atoms with E-state index in [-0.39, 0.29) is 5.56 Å². The number of nitrogens with zero attached hydrogens (tertiary/aromatic N) is 4. The summed E-state index contributed by atoms with van der Waals surface area (Å²) in [6.45, 7) is 0. The number of carbonyl (C=O) groups is 1. The molecular weight excluding hydrogens is 308 g/mol. The number of carboxylic acids is 1. The first-order chi connectivity index (χ1) is 8.49. The molecule has 2 rings (SSSR count). The first-order valence-corrected chi connectivity index (χ1v) is 5.37. The first kappa shape index (κ1) is 12.2. The highest BCUT2D eigenvalue weighted by Crippen LogP contribution is 2.21. The van der Waals surface area contributed by atoms with Crippen LogP contribution >= 0.6 is 15.9 Å². The minimum absolute atomic E-state index is 0.0911. The van der Waals surface area contributed by atoms with Crippen molar-refractivity contribution < 1.29 is 14.8 Å². The van der Waals surface area contributed by atoms with Crippen molar-refractivity contribution in [2.45, 2.75) is 0 Å². The zero-order valence-corrected chi connectivity index (χ0v) is 10.2. The highest BCUT2D eigenvalue weighted by Gasteiger charge is 2.16. The average Bonchev–Trinajstić information content (AvgIpc) is 2.77. The fraction of sp³-hybridized carbons (Fsp3) is 0. The third-order valence-electron chi connectivity index (χ3n) is 2.09. The maximum atomic E-state index is 10.8. The van der Waals surface area contributed by atoms with Gasteiger partial charge in [0, 0.05) is 9.57 Å². The summed E-state index contributed by atoms with van der Waals surface area (Å²) < 4.78 is 1.54. The summed E-state index contributed by atoms with van der Waals surface area (Å²) in [6, 6.07) is 4.34. The lowest BCUT2D eigenvalue weighted by atomic mass is 10.2. The van der Waals surface area contributed by atoms with E-state index in [1.54, 1.807) is 0 Å². The van der Waals surface area contributed by atoms with Gasteiger partial charge in [0.25, 0.3) is 0 Å². The largest absolute Gasteiger partial charge is 0.491 e. The molecular formula is C9H5BrN4O4. The summed E-state index contributed by atoms with van der Waals surface area (Å²) in [5.74, 6) is -1.59. The van der Waals surface area contributed by atoms with Crippen LogP contribution in [0.4, 0.5) is 5.95 Å². The second-order valence-electron chi connectivity index (χ2n) is 3.22. The van der Waals surface area contributed by atoms with Crippen LogP contribution in [-0.4, -0.2) is 30.8 Å². The van der Waals surface area contributed by atoms with Crippen molar-refractivity contribution in [3.63, 3.8) is 0 Å². The van der Waals surface area contributed by atoms with Gasteiger partial charge in [-0.3, -0.25) is 0 Å². The Kier molecular flexibility index (Phi) is 3.06. The Hall–Kier alpha value is -2.29. The first-order valence-electron chi connectivity index (χ1n) is 4.58. The Morgan fingerprint density at radius 1 is 1.50 bits per heavy atom. The van der Waals surface area contributed by atoms with E-state index < -0.39 is 16.8 Å². The Morgan fingerprint density at radius 2 is 2.22 bits per heavy atom. The van der Waals surface area contributed by atoms with Gasteiger partial charge >= 0.3 is 11.9 Å². The molecule has 0 radical (unpaired) electrons. The van der Waals surface area contributed by atoms with Gasteiger partial charge in [0.15, 0.2) is 0 Å². The molecule has 0 atom stereocenters. The summed E-state index contributed by atoms with van der Waals surface area (Å²) in [7, 11) is 0. The smallest absolute Gasteiger partial charge is 0.478 e. The summed E-state index contributed by atoms with van der Waals surface area (Å²) in [5, 5.41) is 22.9. The molecule has 0 spiro atoms. The highest BCUT2D eigenvalue weighted by molar-refractivity contribution is 9.10. The molecule has 1 heterocycles. The maximum absolute atomic E-state index is 10.8. The van der Waals surface area contributed by atoms with Crippen molar-refractivity contribution in [1.29, 1.82) is 0 Å². The molecule has 0 fully saturated rings. The molecule has 0 aliphatic rings. The summed E-state index contributed by atoms with van der Waals surface area (Å²) in [4.78, 5) is 24.0. The van der Waals surface area contributed by atoms with Gasteiger partial charge in [-0.05, 0) is 39.1 Å². The molecule has 0 saturated heterocycles. The predicted octanol–water partition coefficient (Wildman–Crippen LogP) is 1.64. The van der Waals surface area contributed by atoms with Crippen LogP contribution in [0.15, 0.2) is 29.0 Å². The molecule has 0 bridgehead atoms. The number of aromatic carboxylic acids is 1. The minimum Gasteiger partial charge on any atom is -0.478 e. The highest BCUT2D eigenvalue weighted by atomic mass is 79.9.